The van der Waals surface area contributed by atoms with Crippen molar-refractivity contribution in [3.8, 4) is 5.75 Å². The molecule has 8 nitrogen and oxygen atoms in total. The third-order valence-corrected chi connectivity index (χ3v) is 5.49. The van der Waals surface area contributed by atoms with Crippen molar-refractivity contribution in [1.29, 1.82) is 0 Å². The van der Waals surface area contributed by atoms with Gasteiger partial charge in [0, 0.05) is 37.2 Å². The Labute approximate surface area is 186 Å². The van der Waals surface area contributed by atoms with E-state index in [0.29, 0.717) is 48.5 Å². The van der Waals surface area contributed by atoms with Gasteiger partial charge in [-0.25, -0.2) is 4.99 Å². The second kappa shape index (κ2) is 9.64. The molecule has 1 saturated heterocycles. The van der Waals surface area contributed by atoms with E-state index in [1.807, 2.05) is 23.1 Å². The van der Waals surface area contributed by atoms with Crippen molar-refractivity contribution in [3.05, 3.63) is 59.4 Å². The lowest BCUT2D eigenvalue weighted by Crippen LogP contribution is -2.34. The van der Waals surface area contributed by atoms with Crippen molar-refractivity contribution in [2.24, 2.45) is 4.99 Å². The van der Waals surface area contributed by atoms with E-state index >= 15 is 0 Å². The number of likely N-dealkylation sites (tertiary alicyclic amines) is 1. The minimum atomic E-state index is -0.536. The highest BCUT2D eigenvalue weighted by molar-refractivity contribution is 6.16. The molecule has 8 heteroatoms. The number of ether oxygens (including phenoxy) is 2. The summed E-state index contributed by atoms with van der Waals surface area (Å²) < 4.78 is 11.1. The number of aliphatic imine (C=N–C) groups is 1. The number of amides is 3. The molecule has 1 atom stereocenters. The molecular formula is C24H25N3O5. The Morgan fingerprint density at radius 1 is 1.34 bits per heavy atom. The molecule has 1 aromatic rings. The molecule has 1 unspecified atom stereocenters. The number of carbonyl (C=O) groups is 3. The van der Waals surface area contributed by atoms with Crippen LogP contribution in [-0.2, 0) is 19.1 Å². The number of rotatable bonds is 7. The summed E-state index contributed by atoms with van der Waals surface area (Å²) in [6.07, 6.45) is 8.22. The van der Waals surface area contributed by atoms with E-state index in [1.165, 1.54) is 0 Å². The topological polar surface area (TPSA) is 97.3 Å². The maximum Gasteiger partial charge on any atom is 0.312 e. The summed E-state index contributed by atoms with van der Waals surface area (Å²) in [5.41, 5.74) is 1.51. The van der Waals surface area contributed by atoms with Crippen LogP contribution in [0.25, 0.3) is 6.08 Å². The molecule has 3 amide bonds. The first-order valence-corrected chi connectivity index (χ1v) is 10.7. The lowest BCUT2D eigenvalue weighted by molar-refractivity contribution is -0.127. The molecule has 166 valence electrons. The molecule has 1 fully saturated rings. The van der Waals surface area contributed by atoms with Crippen LogP contribution in [-0.4, -0.2) is 61.2 Å². The van der Waals surface area contributed by atoms with Gasteiger partial charge in [0.15, 0.2) is 11.9 Å². The van der Waals surface area contributed by atoms with E-state index in [1.54, 1.807) is 37.5 Å². The van der Waals surface area contributed by atoms with Crippen LogP contribution in [0.5, 0.6) is 5.75 Å². The third-order valence-electron chi connectivity index (χ3n) is 5.49. The van der Waals surface area contributed by atoms with E-state index < -0.39 is 12.0 Å². The molecular weight excluding hydrogens is 410 g/mol. The summed E-state index contributed by atoms with van der Waals surface area (Å²) in [7, 11) is 1.56. The van der Waals surface area contributed by atoms with E-state index in [0.717, 1.165) is 13.0 Å². The second-order valence-electron chi connectivity index (χ2n) is 7.68. The Hall–Kier alpha value is -3.68. The maximum atomic E-state index is 12.5. The van der Waals surface area contributed by atoms with Crippen molar-refractivity contribution in [1.82, 2.24) is 10.2 Å². The molecule has 0 aromatic heterocycles. The summed E-state index contributed by atoms with van der Waals surface area (Å²) in [6.45, 7) is 1.90. The van der Waals surface area contributed by atoms with Gasteiger partial charge < -0.3 is 19.7 Å². The van der Waals surface area contributed by atoms with Crippen LogP contribution in [0, 0.1) is 0 Å². The predicted molar refractivity (Wildman–Crippen MR) is 119 cm³/mol. The zero-order valence-electron chi connectivity index (χ0n) is 17.9. The van der Waals surface area contributed by atoms with Crippen molar-refractivity contribution >= 4 is 29.5 Å². The fraction of sp³-hybridized carbons (Fsp3) is 0.333. The molecule has 3 aliphatic rings. The summed E-state index contributed by atoms with van der Waals surface area (Å²) in [5.74, 6) is 0.157. The molecule has 0 bridgehead atoms. The first-order chi connectivity index (χ1) is 15.5. The zero-order valence-corrected chi connectivity index (χ0v) is 17.9. The van der Waals surface area contributed by atoms with Crippen LogP contribution >= 0.6 is 0 Å². The smallest absolute Gasteiger partial charge is 0.312 e. The van der Waals surface area contributed by atoms with Gasteiger partial charge in [-0.1, -0.05) is 18.2 Å². The Bertz CT molecular complexity index is 1050. The number of nitrogens with zero attached hydrogens (tertiary/aromatic N) is 2. The number of fused-ring (bicyclic) bond motifs is 1. The van der Waals surface area contributed by atoms with Crippen LogP contribution in [0.2, 0.25) is 0 Å². The molecule has 0 radical (unpaired) electrons. The fourth-order valence-corrected chi connectivity index (χ4v) is 3.81. The monoisotopic (exact) mass is 435 g/mol. The van der Waals surface area contributed by atoms with Crippen molar-refractivity contribution in [3.63, 3.8) is 0 Å². The van der Waals surface area contributed by atoms with E-state index in [9.17, 15) is 14.4 Å². The standard InChI is InChI=1S/C24H25N3O5/c1-31-19-7-3-2-6-16(19)15-21-24(30)26-18-14-17(9-10-20(18)32-21)23(29)25-11-5-13-27-12-4-8-22(27)28/h2-3,6-7,9-10,14-15,20H,4-5,8,11-13H2,1H3,(H,25,29)/b21-15-. The first-order valence-electron chi connectivity index (χ1n) is 10.7. The van der Waals surface area contributed by atoms with E-state index in [2.05, 4.69) is 10.3 Å². The number of hydrogen-bond acceptors (Lipinski definition) is 5. The molecule has 1 N–H and O–H groups in total. The normalized spacial score (nSPS) is 21.1. The molecule has 2 heterocycles. The van der Waals surface area contributed by atoms with Gasteiger partial charge in [0.25, 0.3) is 5.91 Å². The summed E-state index contributed by atoms with van der Waals surface area (Å²) >= 11 is 0. The molecule has 0 saturated carbocycles. The highest BCUT2D eigenvalue weighted by Crippen LogP contribution is 2.25. The number of hydrogen-bond donors (Lipinski definition) is 1. The molecule has 1 aromatic carbocycles. The van der Waals surface area contributed by atoms with Crippen molar-refractivity contribution in [2.45, 2.75) is 25.4 Å². The number of nitrogens with one attached hydrogen (secondary N) is 1. The van der Waals surface area contributed by atoms with Crippen LogP contribution in [0.4, 0.5) is 0 Å². The van der Waals surface area contributed by atoms with Crippen LogP contribution in [0.3, 0.4) is 0 Å². The predicted octanol–water partition coefficient (Wildman–Crippen LogP) is 2.03. The Morgan fingerprint density at radius 2 is 2.19 bits per heavy atom. The van der Waals surface area contributed by atoms with Gasteiger partial charge in [-0.2, -0.15) is 0 Å². The van der Waals surface area contributed by atoms with Gasteiger partial charge in [0.1, 0.15) is 5.75 Å². The van der Waals surface area contributed by atoms with E-state index in [4.69, 9.17) is 9.47 Å². The van der Waals surface area contributed by atoms with Gasteiger partial charge in [0.2, 0.25) is 5.91 Å². The Balaban J connectivity index is 1.37. The SMILES string of the molecule is COc1ccccc1/C=C1\OC2C=CC(C(=O)NCCCN3CCCC3=O)=CC2=NC1=O. The van der Waals surface area contributed by atoms with Gasteiger partial charge in [-0.3, -0.25) is 14.4 Å². The third kappa shape index (κ3) is 4.80. The molecule has 4 rings (SSSR count). The quantitative estimate of drug-likeness (QED) is 0.522. The first kappa shape index (κ1) is 21.5. The van der Waals surface area contributed by atoms with Crippen LogP contribution < -0.4 is 10.1 Å². The maximum absolute atomic E-state index is 12.5. The lowest BCUT2D eigenvalue weighted by atomic mass is 10.0. The molecule has 1 aliphatic carbocycles. The Morgan fingerprint density at radius 3 is 2.97 bits per heavy atom. The van der Waals surface area contributed by atoms with Crippen molar-refractivity contribution in [2.75, 3.05) is 26.7 Å². The summed E-state index contributed by atoms with van der Waals surface area (Å²) in [4.78, 5) is 42.5. The van der Waals surface area contributed by atoms with Gasteiger partial charge in [-0.15, -0.1) is 0 Å². The minimum absolute atomic E-state index is 0.116. The lowest BCUT2D eigenvalue weighted by Gasteiger charge is -2.24. The largest absolute Gasteiger partial charge is 0.496 e. The van der Waals surface area contributed by atoms with Gasteiger partial charge in [0.05, 0.1) is 12.8 Å². The second-order valence-corrected chi connectivity index (χ2v) is 7.68. The van der Waals surface area contributed by atoms with Crippen molar-refractivity contribution < 1.29 is 23.9 Å². The van der Waals surface area contributed by atoms with Crippen LogP contribution in [0.1, 0.15) is 24.8 Å². The Kier molecular flexibility index (Phi) is 6.49. The molecule has 32 heavy (non-hydrogen) atoms. The molecule has 2 aliphatic heterocycles. The summed E-state index contributed by atoms with van der Waals surface area (Å²) in [6, 6.07) is 7.30. The zero-order chi connectivity index (χ0) is 22.5. The van der Waals surface area contributed by atoms with E-state index in [-0.39, 0.29) is 17.6 Å². The number of methoxy groups -OCH3 is 1. The minimum Gasteiger partial charge on any atom is -0.496 e. The average molecular weight is 435 g/mol. The fourth-order valence-electron chi connectivity index (χ4n) is 3.81. The van der Waals surface area contributed by atoms with Gasteiger partial charge >= 0.3 is 5.91 Å². The summed E-state index contributed by atoms with van der Waals surface area (Å²) in [5, 5.41) is 2.85. The van der Waals surface area contributed by atoms with Crippen LogP contribution in [0.15, 0.2) is 58.8 Å². The number of para-hydroxylation sites is 1. The molecule has 0 spiro atoms. The number of benzene rings is 1. The highest BCUT2D eigenvalue weighted by Gasteiger charge is 2.29. The average Bonchev–Trinajstić information content (AvgIpc) is 3.21. The number of carbonyl (C=O) groups excluding carboxylic acids is 3. The highest BCUT2D eigenvalue weighted by atomic mass is 16.5. The van der Waals surface area contributed by atoms with Gasteiger partial charge in [-0.05, 0) is 43.2 Å².